The fourth-order valence-corrected chi connectivity index (χ4v) is 5.75. The van der Waals surface area contributed by atoms with E-state index in [2.05, 4.69) is 5.32 Å². The summed E-state index contributed by atoms with van der Waals surface area (Å²) in [5.74, 6) is 0.835. The van der Waals surface area contributed by atoms with E-state index in [9.17, 15) is 9.59 Å². The molecule has 1 fully saturated rings. The summed E-state index contributed by atoms with van der Waals surface area (Å²) in [7, 11) is 0. The molecule has 2 atom stereocenters. The molecular weight excluding hydrogens is 502 g/mol. The minimum Gasteiger partial charge on any atom is -0.463 e. The lowest BCUT2D eigenvalue weighted by atomic mass is 9.93. The van der Waals surface area contributed by atoms with Gasteiger partial charge in [0, 0.05) is 18.8 Å². The molecule has 0 unspecified atom stereocenters. The van der Waals surface area contributed by atoms with Crippen molar-refractivity contribution in [1.29, 1.82) is 0 Å². The molecule has 3 aliphatic rings. The molecule has 38 heavy (non-hydrogen) atoms. The molecule has 0 saturated carbocycles. The van der Waals surface area contributed by atoms with Crippen LogP contribution in [0.1, 0.15) is 44.7 Å². The lowest BCUT2D eigenvalue weighted by Crippen LogP contribution is -2.38. The molecule has 1 saturated heterocycles. The van der Waals surface area contributed by atoms with Crippen molar-refractivity contribution in [1.82, 2.24) is 10.2 Å². The molecule has 3 aliphatic heterocycles. The Bertz CT molecular complexity index is 1280. The van der Waals surface area contributed by atoms with Crippen LogP contribution in [0.15, 0.2) is 82.0 Å². The van der Waals surface area contributed by atoms with E-state index in [1.807, 2.05) is 71.8 Å². The van der Waals surface area contributed by atoms with E-state index < -0.39 is 12.0 Å². The molecule has 0 spiro atoms. The molecule has 8 nitrogen and oxygen atoms in total. The highest BCUT2D eigenvalue weighted by atomic mass is 32.2. The van der Waals surface area contributed by atoms with E-state index in [1.54, 1.807) is 6.92 Å². The fraction of sp³-hybridized carbons (Fsp3) is 0.345. The maximum atomic E-state index is 13.2. The summed E-state index contributed by atoms with van der Waals surface area (Å²) in [6.45, 7) is 5.09. The van der Waals surface area contributed by atoms with Crippen LogP contribution < -0.4 is 10.1 Å². The Balaban J connectivity index is 1.44. The van der Waals surface area contributed by atoms with Gasteiger partial charge in [-0.05, 0) is 61.9 Å². The molecule has 1 amide bonds. The number of amidine groups is 1. The summed E-state index contributed by atoms with van der Waals surface area (Å²) >= 11 is 1.45. The van der Waals surface area contributed by atoms with Crippen LogP contribution in [0.3, 0.4) is 0 Å². The first-order valence-corrected chi connectivity index (χ1v) is 13.7. The summed E-state index contributed by atoms with van der Waals surface area (Å²) in [4.78, 5) is 32.8. The highest BCUT2D eigenvalue weighted by molar-refractivity contribution is 8.16. The van der Waals surface area contributed by atoms with Crippen molar-refractivity contribution in [3.05, 3.63) is 82.5 Å². The Morgan fingerprint density at radius 2 is 1.97 bits per heavy atom. The maximum absolute atomic E-state index is 13.2. The largest absolute Gasteiger partial charge is 0.463 e. The highest BCUT2D eigenvalue weighted by Crippen LogP contribution is 2.45. The third-order valence-corrected chi connectivity index (χ3v) is 7.43. The average molecular weight is 534 g/mol. The second-order valence-corrected chi connectivity index (χ2v) is 10.1. The normalized spacial score (nSPS) is 20.5. The highest BCUT2D eigenvalue weighted by Gasteiger charge is 2.41. The number of allylic oxidation sites excluding steroid dienone is 1. The van der Waals surface area contributed by atoms with E-state index in [4.69, 9.17) is 19.2 Å². The van der Waals surface area contributed by atoms with Gasteiger partial charge in [0.2, 0.25) is 5.91 Å². The maximum Gasteiger partial charge on any atom is 0.338 e. The van der Waals surface area contributed by atoms with E-state index in [0.717, 1.165) is 35.9 Å². The van der Waals surface area contributed by atoms with E-state index in [1.165, 1.54) is 11.8 Å². The Kier molecular flexibility index (Phi) is 8.14. The van der Waals surface area contributed by atoms with Gasteiger partial charge < -0.3 is 24.4 Å². The Morgan fingerprint density at radius 3 is 2.74 bits per heavy atom. The van der Waals surface area contributed by atoms with Gasteiger partial charge in [-0.15, -0.1) is 0 Å². The molecule has 2 aromatic carbocycles. The smallest absolute Gasteiger partial charge is 0.338 e. The molecular formula is C29H31N3O5S. The number of ether oxygens (including phenoxy) is 3. The van der Waals surface area contributed by atoms with E-state index >= 15 is 0 Å². The van der Waals surface area contributed by atoms with Crippen LogP contribution in [0.5, 0.6) is 11.5 Å². The van der Waals surface area contributed by atoms with Gasteiger partial charge in [-0.3, -0.25) is 4.79 Å². The number of hydrogen-bond acceptors (Lipinski definition) is 8. The number of aliphatic imine (C=N–C) groups is 1. The molecule has 0 aliphatic carbocycles. The van der Waals surface area contributed by atoms with Crippen LogP contribution in [-0.4, -0.2) is 47.8 Å². The van der Waals surface area contributed by atoms with Crippen molar-refractivity contribution in [2.24, 2.45) is 4.99 Å². The third-order valence-electron chi connectivity index (χ3n) is 6.54. The summed E-state index contributed by atoms with van der Waals surface area (Å²) < 4.78 is 17.2. The first-order valence-electron chi connectivity index (χ1n) is 12.9. The summed E-state index contributed by atoms with van der Waals surface area (Å²) in [6.07, 6.45) is 2.20. The quantitative estimate of drug-likeness (QED) is 0.438. The summed E-state index contributed by atoms with van der Waals surface area (Å²) in [5.41, 5.74) is 2.65. The van der Waals surface area contributed by atoms with Crippen LogP contribution in [0.25, 0.3) is 0 Å². The number of amides is 1. The first-order chi connectivity index (χ1) is 18.5. The first kappa shape index (κ1) is 26.1. The van der Waals surface area contributed by atoms with Crippen LogP contribution in [0.2, 0.25) is 0 Å². The second kappa shape index (κ2) is 11.9. The Morgan fingerprint density at radius 1 is 1.16 bits per heavy atom. The van der Waals surface area contributed by atoms with Crippen molar-refractivity contribution in [3.8, 4) is 11.5 Å². The van der Waals surface area contributed by atoms with Gasteiger partial charge in [0.25, 0.3) is 0 Å². The number of thioether (sulfide) groups is 1. The van der Waals surface area contributed by atoms with Crippen LogP contribution in [-0.2, 0) is 19.1 Å². The van der Waals surface area contributed by atoms with Gasteiger partial charge in [-0.1, -0.05) is 42.1 Å². The van der Waals surface area contributed by atoms with Crippen molar-refractivity contribution >= 4 is 28.8 Å². The van der Waals surface area contributed by atoms with Gasteiger partial charge in [0.15, 0.2) is 5.17 Å². The molecule has 9 heteroatoms. The predicted octanol–water partition coefficient (Wildman–Crippen LogP) is 5.30. The van der Waals surface area contributed by atoms with Gasteiger partial charge >= 0.3 is 5.97 Å². The van der Waals surface area contributed by atoms with Crippen molar-refractivity contribution in [3.63, 3.8) is 0 Å². The SMILES string of the molecule is CCOC(=O)C1=C(C)N=C2SC=C(CC(=O)NC[C@H]3CCCO3)N2[C@@H]1c1cccc(Oc2ccccc2)c1. The van der Waals surface area contributed by atoms with Gasteiger partial charge in [0.05, 0.1) is 36.4 Å². The molecule has 0 radical (unpaired) electrons. The summed E-state index contributed by atoms with van der Waals surface area (Å²) in [5, 5.41) is 5.65. The van der Waals surface area contributed by atoms with Gasteiger partial charge in [-0.25, -0.2) is 9.79 Å². The molecule has 5 rings (SSSR count). The average Bonchev–Trinajstić information content (AvgIpc) is 3.58. The topological polar surface area (TPSA) is 89.5 Å². The lowest BCUT2D eigenvalue weighted by molar-refractivity contribution is -0.139. The summed E-state index contributed by atoms with van der Waals surface area (Å²) in [6, 6.07) is 16.7. The van der Waals surface area contributed by atoms with Crippen LogP contribution in [0.4, 0.5) is 0 Å². The number of benzene rings is 2. The second-order valence-electron chi connectivity index (χ2n) is 9.22. The Hall–Kier alpha value is -3.56. The molecule has 0 bridgehead atoms. The zero-order valence-corrected chi connectivity index (χ0v) is 22.3. The standard InChI is InChI=1S/C29H31N3O5S/c1-3-35-28(34)26-19(2)31-29-32(21(18-38-29)16-25(33)30-17-24-13-8-14-36-24)27(26)20-9-7-12-23(15-20)37-22-10-5-4-6-11-22/h4-7,9-12,15,18,24,27H,3,8,13-14,16-17H2,1-2H3,(H,30,33)/t24-,27-/m1/s1. The van der Waals surface area contributed by atoms with E-state index in [-0.39, 0.29) is 25.0 Å². The van der Waals surface area contributed by atoms with Gasteiger partial charge in [0.1, 0.15) is 11.5 Å². The molecule has 0 aromatic heterocycles. The number of carbonyl (C=O) groups excluding carboxylic acids is 2. The number of rotatable bonds is 9. The number of nitrogens with one attached hydrogen (secondary N) is 1. The zero-order valence-electron chi connectivity index (χ0n) is 21.5. The molecule has 2 aromatic rings. The number of esters is 1. The number of nitrogens with zero attached hydrogens (tertiary/aromatic N) is 2. The fourth-order valence-electron chi connectivity index (χ4n) is 4.79. The molecule has 1 N–H and O–H groups in total. The van der Waals surface area contributed by atoms with Crippen LogP contribution >= 0.6 is 11.8 Å². The minimum atomic E-state index is -0.520. The lowest BCUT2D eigenvalue weighted by Gasteiger charge is -2.36. The predicted molar refractivity (Wildman–Crippen MR) is 147 cm³/mol. The number of hydrogen-bond donors (Lipinski definition) is 1. The number of fused-ring (bicyclic) bond motifs is 1. The molecule has 3 heterocycles. The minimum absolute atomic E-state index is 0.0686. The number of carbonyl (C=O) groups is 2. The van der Waals surface area contributed by atoms with Crippen molar-refractivity contribution in [2.75, 3.05) is 19.8 Å². The van der Waals surface area contributed by atoms with Crippen LogP contribution in [0, 0.1) is 0 Å². The monoisotopic (exact) mass is 533 g/mol. The van der Waals surface area contributed by atoms with Crippen molar-refractivity contribution in [2.45, 2.75) is 45.3 Å². The third kappa shape index (κ3) is 5.79. The van der Waals surface area contributed by atoms with Gasteiger partial charge in [-0.2, -0.15) is 0 Å². The zero-order chi connectivity index (χ0) is 26.5. The van der Waals surface area contributed by atoms with Crippen molar-refractivity contribution < 1.29 is 23.8 Å². The Labute approximate surface area is 226 Å². The van der Waals surface area contributed by atoms with E-state index in [0.29, 0.717) is 29.3 Å². The number of para-hydroxylation sites is 1. The molecule has 198 valence electrons.